The van der Waals surface area contributed by atoms with Crippen LogP contribution in [0.3, 0.4) is 0 Å². The molecule has 45 heavy (non-hydrogen) atoms. The van der Waals surface area contributed by atoms with Crippen molar-refractivity contribution in [2.45, 2.75) is 0 Å². The summed E-state index contributed by atoms with van der Waals surface area (Å²) in [5.74, 6) is 0.666. The third-order valence-corrected chi connectivity index (χ3v) is 9.46. The van der Waals surface area contributed by atoms with Crippen LogP contribution in [0.25, 0.3) is 52.8 Å². The second-order valence-corrected chi connectivity index (χ2v) is 12.1. The second kappa shape index (κ2) is 11.4. The molecule has 3 nitrogen and oxygen atoms in total. The van der Waals surface area contributed by atoms with Crippen LogP contribution in [0.5, 0.6) is 0 Å². The summed E-state index contributed by atoms with van der Waals surface area (Å²) in [5, 5.41) is 16.3. The lowest BCUT2D eigenvalue weighted by Gasteiger charge is -2.08. The van der Waals surface area contributed by atoms with Crippen molar-refractivity contribution in [3.8, 4) is 11.1 Å². The normalized spacial score (nSPS) is 12.1. The Hall–Kier alpha value is -5.71. The zero-order valence-electron chi connectivity index (χ0n) is 24.3. The molecule has 0 bridgehead atoms. The van der Waals surface area contributed by atoms with E-state index in [0.717, 1.165) is 22.3 Å². The lowest BCUT2D eigenvalue weighted by atomic mass is 9.97. The molecule has 0 amide bonds. The van der Waals surface area contributed by atoms with Gasteiger partial charge in [0, 0.05) is 48.5 Å². The average molecular weight is 594 g/mol. The molecule has 1 aromatic heterocycles. The predicted molar refractivity (Wildman–Crippen MR) is 194 cm³/mol. The highest BCUT2D eigenvalue weighted by atomic mass is 32.1. The van der Waals surface area contributed by atoms with Gasteiger partial charge >= 0.3 is 0 Å². The van der Waals surface area contributed by atoms with Crippen LogP contribution in [0.15, 0.2) is 162 Å². The highest BCUT2D eigenvalue weighted by Crippen LogP contribution is 2.39. The molecule has 4 heteroatoms. The summed E-state index contributed by atoms with van der Waals surface area (Å²) in [7, 11) is 0. The number of thiophene rings is 1. The van der Waals surface area contributed by atoms with Crippen LogP contribution in [-0.2, 0) is 0 Å². The van der Waals surface area contributed by atoms with Gasteiger partial charge in [-0.3, -0.25) is 5.41 Å². The van der Waals surface area contributed by atoms with Gasteiger partial charge in [-0.2, -0.15) is 0 Å². The number of amidine groups is 2. The van der Waals surface area contributed by atoms with Crippen LogP contribution in [0.1, 0.15) is 16.7 Å². The fourth-order valence-electron chi connectivity index (χ4n) is 6.03. The number of nitrogens with one attached hydrogen (secondary N) is 1. The first kappa shape index (κ1) is 26.9. The van der Waals surface area contributed by atoms with E-state index in [2.05, 4.69) is 109 Å². The van der Waals surface area contributed by atoms with E-state index < -0.39 is 0 Å². The van der Waals surface area contributed by atoms with E-state index in [0.29, 0.717) is 5.84 Å². The zero-order valence-corrected chi connectivity index (χ0v) is 25.1. The first-order valence-electron chi connectivity index (χ1n) is 14.9. The molecule has 0 unspecified atom stereocenters. The van der Waals surface area contributed by atoms with Gasteiger partial charge in [0.25, 0.3) is 0 Å². The summed E-state index contributed by atoms with van der Waals surface area (Å²) in [4.78, 5) is 9.69. The Kier molecular flexibility index (Phi) is 6.82. The minimum Gasteiger partial charge on any atom is -0.282 e. The SMILES string of the molecule is N=C(N=C(N=Cc1cccc2ccc3c4ccccc4sc3c12)c1ccccc1)c1ccc(-c2cccc3ccccc23)cc1. The predicted octanol–water partition coefficient (Wildman–Crippen LogP) is 10.9. The maximum Gasteiger partial charge on any atom is 0.161 e. The van der Waals surface area contributed by atoms with Gasteiger partial charge in [-0.05, 0) is 33.4 Å². The van der Waals surface area contributed by atoms with E-state index in [1.807, 2.05) is 60.0 Å². The average Bonchev–Trinajstić information content (AvgIpc) is 3.49. The molecule has 8 rings (SSSR count). The lowest BCUT2D eigenvalue weighted by Crippen LogP contribution is -2.04. The van der Waals surface area contributed by atoms with Crippen molar-refractivity contribution in [1.29, 1.82) is 5.41 Å². The van der Waals surface area contributed by atoms with Crippen molar-refractivity contribution >= 4 is 70.9 Å². The van der Waals surface area contributed by atoms with E-state index >= 15 is 0 Å². The number of rotatable bonds is 4. The molecule has 0 spiro atoms. The maximum absolute atomic E-state index is 8.94. The van der Waals surface area contributed by atoms with E-state index in [-0.39, 0.29) is 5.84 Å². The molecule has 8 aromatic rings. The summed E-state index contributed by atoms with van der Waals surface area (Å²) < 4.78 is 2.53. The Morgan fingerprint density at radius 1 is 0.556 bits per heavy atom. The molecule has 0 aliphatic rings. The summed E-state index contributed by atoms with van der Waals surface area (Å²) in [6.07, 6.45) is 1.90. The maximum atomic E-state index is 8.94. The number of hydrogen-bond acceptors (Lipinski definition) is 2. The summed E-state index contributed by atoms with van der Waals surface area (Å²) in [5.41, 5.74) is 4.90. The minimum absolute atomic E-state index is 0.167. The van der Waals surface area contributed by atoms with Crippen molar-refractivity contribution in [2.24, 2.45) is 9.98 Å². The molecule has 0 aliphatic carbocycles. The van der Waals surface area contributed by atoms with Gasteiger partial charge in [-0.15, -0.1) is 11.3 Å². The molecule has 7 aromatic carbocycles. The van der Waals surface area contributed by atoms with Crippen LogP contribution >= 0.6 is 11.3 Å². The van der Waals surface area contributed by atoms with Gasteiger partial charge < -0.3 is 0 Å². The third kappa shape index (κ3) is 5.01. The number of nitrogens with zero attached hydrogens (tertiary/aromatic N) is 2. The van der Waals surface area contributed by atoms with E-state index in [1.54, 1.807) is 0 Å². The van der Waals surface area contributed by atoms with Gasteiger partial charge in [0.2, 0.25) is 0 Å². The van der Waals surface area contributed by atoms with Crippen molar-refractivity contribution in [3.05, 3.63) is 168 Å². The number of fused-ring (bicyclic) bond motifs is 6. The Balaban J connectivity index is 1.18. The van der Waals surface area contributed by atoms with Gasteiger partial charge in [-0.1, -0.05) is 146 Å². The molecular formula is C41H27N3S. The monoisotopic (exact) mass is 593 g/mol. The lowest BCUT2D eigenvalue weighted by molar-refractivity contribution is 1.40. The summed E-state index contributed by atoms with van der Waals surface area (Å²) in [6.45, 7) is 0. The summed E-state index contributed by atoms with van der Waals surface area (Å²) >= 11 is 1.82. The smallest absolute Gasteiger partial charge is 0.161 e. The molecule has 0 saturated carbocycles. The van der Waals surface area contributed by atoms with E-state index in [9.17, 15) is 0 Å². The molecule has 0 atom stereocenters. The van der Waals surface area contributed by atoms with E-state index in [4.69, 9.17) is 15.4 Å². The van der Waals surface area contributed by atoms with Crippen molar-refractivity contribution in [2.75, 3.05) is 0 Å². The van der Waals surface area contributed by atoms with Crippen LogP contribution in [0, 0.1) is 5.41 Å². The first-order chi connectivity index (χ1) is 22.2. The van der Waals surface area contributed by atoms with Crippen LogP contribution < -0.4 is 0 Å². The van der Waals surface area contributed by atoms with Crippen LogP contribution in [0.2, 0.25) is 0 Å². The third-order valence-electron chi connectivity index (χ3n) is 8.25. The minimum atomic E-state index is 0.167. The number of aliphatic imine (C=N–C) groups is 2. The molecule has 212 valence electrons. The van der Waals surface area contributed by atoms with Gasteiger partial charge in [-0.25, -0.2) is 9.98 Å². The van der Waals surface area contributed by atoms with Crippen LogP contribution in [-0.4, -0.2) is 17.9 Å². The topological polar surface area (TPSA) is 48.6 Å². The first-order valence-corrected chi connectivity index (χ1v) is 15.7. The van der Waals surface area contributed by atoms with Crippen molar-refractivity contribution < 1.29 is 0 Å². The fourth-order valence-corrected chi connectivity index (χ4v) is 7.31. The largest absolute Gasteiger partial charge is 0.282 e. The molecular weight excluding hydrogens is 567 g/mol. The molecule has 0 saturated heterocycles. The van der Waals surface area contributed by atoms with Crippen molar-refractivity contribution in [3.63, 3.8) is 0 Å². The van der Waals surface area contributed by atoms with Crippen molar-refractivity contribution in [1.82, 2.24) is 0 Å². The van der Waals surface area contributed by atoms with Gasteiger partial charge in [0.15, 0.2) is 11.7 Å². The zero-order chi connectivity index (χ0) is 30.2. The highest BCUT2D eigenvalue weighted by Gasteiger charge is 2.12. The summed E-state index contributed by atoms with van der Waals surface area (Å²) in [6, 6.07) is 52.1. The Morgan fingerprint density at radius 3 is 2.13 bits per heavy atom. The van der Waals surface area contributed by atoms with E-state index in [1.165, 1.54) is 47.3 Å². The molecule has 0 aliphatic heterocycles. The quantitative estimate of drug-likeness (QED) is 0.156. The van der Waals surface area contributed by atoms with Gasteiger partial charge in [0.1, 0.15) is 0 Å². The second-order valence-electron chi connectivity index (χ2n) is 11.0. The molecule has 1 N–H and O–H groups in total. The standard InChI is InChI=1S/C41H27N3S/c42-40(30-22-20-28(21-23-30)34-18-9-13-27-10-4-5-16-33(27)34)44-41(31-11-2-1-3-12-31)43-26-32-15-8-14-29-24-25-36-35-17-6-7-19-37(35)45-39(36)38(29)32/h1-26,42H. The molecule has 0 fully saturated rings. The highest BCUT2D eigenvalue weighted by molar-refractivity contribution is 7.26. The van der Waals surface area contributed by atoms with Crippen LogP contribution in [0.4, 0.5) is 0 Å². The Labute approximate surface area is 265 Å². The number of benzene rings is 7. The Morgan fingerprint density at radius 2 is 1.27 bits per heavy atom. The Bertz CT molecular complexity index is 2430. The molecule has 0 radical (unpaired) electrons. The van der Waals surface area contributed by atoms with Gasteiger partial charge in [0.05, 0.1) is 0 Å². The molecule has 1 heterocycles. The number of hydrogen-bond donors (Lipinski definition) is 1. The fraction of sp³-hybridized carbons (Fsp3) is 0.